The van der Waals surface area contributed by atoms with E-state index in [9.17, 15) is 9.59 Å². The van der Waals surface area contributed by atoms with Crippen molar-refractivity contribution in [1.29, 1.82) is 0 Å². The Kier molecular flexibility index (Phi) is 8.94. The first-order chi connectivity index (χ1) is 15.8. The molecule has 9 heteroatoms. The van der Waals surface area contributed by atoms with Gasteiger partial charge in [-0.25, -0.2) is 0 Å². The number of benzene rings is 2. The number of nitrogens with zero attached hydrogens (tertiary/aromatic N) is 1. The Morgan fingerprint density at radius 2 is 2.09 bits per heavy atom. The molecule has 0 aromatic heterocycles. The van der Waals surface area contributed by atoms with Gasteiger partial charge in [-0.3, -0.25) is 14.5 Å². The van der Waals surface area contributed by atoms with Gasteiger partial charge in [0.1, 0.15) is 4.32 Å². The van der Waals surface area contributed by atoms with Crippen LogP contribution in [0.2, 0.25) is 0 Å². The van der Waals surface area contributed by atoms with Gasteiger partial charge in [0.15, 0.2) is 18.1 Å². The van der Waals surface area contributed by atoms with Crippen molar-refractivity contribution in [3.8, 4) is 11.5 Å². The van der Waals surface area contributed by atoms with Crippen LogP contribution < -0.4 is 14.8 Å². The molecule has 1 saturated heterocycles. The number of carbonyl (C=O) groups is 2. The highest BCUT2D eigenvalue weighted by molar-refractivity contribution is 9.10. The molecule has 0 saturated carbocycles. The van der Waals surface area contributed by atoms with Crippen LogP contribution in [-0.4, -0.2) is 41.3 Å². The average molecular weight is 550 g/mol. The summed E-state index contributed by atoms with van der Waals surface area (Å²) < 4.78 is 12.4. The molecule has 2 amide bonds. The van der Waals surface area contributed by atoms with E-state index in [0.29, 0.717) is 37.4 Å². The standard InChI is InChI=1S/C24H25BrN2O4S2/c1-4-5-9-27-23(29)20(33-24(27)32)13-16-11-18(25)22(19(12-16)30-3)31-14-21(28)26-17-8-6-7-15(2)10-17/h6-8,10-13H,4-5,9,14H2,1-3H3,(H,26,28)/b20-13-. The summed E-state index contributed by atoms with van der Waals surface area (Å²) in [7, 11) is 1.52. The fourth-order valence-electron chi connectivity index (χ4n) is 3.18. The van der Waals surface area contributed by atoms with Crippen LogP contribution in [0.3, 0.4) is 0 Å². The van der Waals surface area contributed by atoms with Crippen LogP contribution in [0.1, 0.15) is 30.9 Å². The first-order valence-electron chi connectivity index (χ1n) is 10.4. The molecule has 0 spiro atoms. The van der Waals surface area contributed by atoms with Crippen LogP contribution in [0.4, 0.5) is 5.69 Å². The van der Waals surface area contributed by atoms with Crippen molar-refractivity contribution >= 4 is 67.8 Å². The van der Waals surface area contributed by atoms with E-state index in [1.807, 2.05) is 37.3 Å². The molecule has 3 rings (SSSR count). The van der Waals surface area contributed by atoms with Gasteiger partial charge >= 0.3 is 0 Å². The lowest BCUT2D eigenvalue weighted by molar-refractivity contribution is -0.122. The number of methoxy groups -OCH3 is 1. The topological polar surface area (TPSA) is 67.9 Å². The summed E-state index contributed by atoms with van der Waals surface area (Å²) >= 11 is 10.2. The third kappa shape index (κ3) is 6.59. The average Bonchev–Trinajstić information content (AvgIpc) is 3.03. The minimum absolute atomic E-state index is 0.0818. The van der Waals surface area contributed by atoms with Gasteiger partial charge in [-0.05, 0) is 70.7 Å². The molecule has 6 nitrogen and oxygen atoms in total. The van der Waals surface area contributed by atoms with E-state index in [-0.39, 0.29) is 18.4 Å². The van der Waals surface area contributed by atoms with Gasteiger partial charge in [-0.15, -0.1) is 0 Å². The predicted molar refractivity (Wildman–Crippen MR) is 141 cm³/mol. The summed E-state index contributed by atoms with van der Waals surface area (Å²) in [6.07, 6.45) is 3.68. The van der Waals surface area contributed by atoms with Crippen LogP contribution in [0.15, 0.2) is 45.8 Å². The number of nitrogens with one attached hydrogen (secondary N) is 1. The number of ether oxygens (including phenoxy) is 2. The Balaban J connectivity index is 1.72. The molecule has 0 bridgehead atoms. The largest absolute Gasteiger partial charge is 0.493 e. The summed E-state index contributed by atoms with van der Waals surface area (Å²) in [4.78, 5) is 27.2. The number of rotatable bonds is 9. The Morgan fingerprint density at radius 1 is 1.30 bits per heavy atom. The number of amides is 2. The zero-order chi connectivity index (χ0) is 24.0. The van der Waals surface area contributed by atoms with E-state index in [0.717, 1.165) is 24.0 Å². The fraction of sp³-hybridized carbons (Fsp3) is 0.292. The molecule has 33 heavy (non-hydrogen) atoms. The van der Waals surface area contributed by atoms with Gasteiger partial charge in [0, 0.05) is 12.2 Å². The summed E-state index contributed by atoms with van der Waals surface area (Å²) in [6, 6.07) is 11.1. The molecular weight excluding hydrogens is 524 g/mol. The zero-order valence-corrected chi connectivity index (χ0v) is 21.9. The van der Waals surface area contributed by atoms with Gasteiger partial charge in [-0.2, -0.15) is 0 Å². The maximum absolute atomic E-state index is 12.7. The molecule has 2 aromatic carbocycles. The van der Waals surface area contributed by atoms with E-state index in [1.165, 1.54) is 18.9 Å². The van der Waals surface area contributed by atoms with Crippen molar-refractivity contribution in [3.63, 3.8) is 0 Å². The summed E-state index contributed by atoms with van der Waals surface area (Å²) in [5.41, 5.74) is 2.52. The predicted octanol–water partition coefficient (Wildman–Crippen LogP) is 5.78. The number of halogens is 1. The lowest BCUT2D eigenvalue weighted by Crippen LogP contribution is -2.28. The number of thioether (sulfide) groups is 1. The highest BCUT2D eigenvalue weighted by Gasteiger charge is 2.31. The van der Waals surface area contributed by atoms with Crippen LogP contribution in [0.5, 0.6) is 11.5 Å². The minimum atomic E-state index is -0.283. The molecule has 0 unspecified atom stereocenters. The number of hydrogen-bond donors (Lipinski definition) is 1. The second kappa shape index (κ2) is 11.7. The lowest BCUT2D eigenvalue weighted by Gasteiger charge is -2.14. The maximum atomic E-state index is 12.7. The molecule has 0 radical (unpaired) electrons. The smallest absolute Gasteiger partial charge is 0.266 e. The number of unbranched alkanes of at least 4 members (excludes halogenated alkanes) is 1. The highest BCUT2D eigenvalue weighted by Crippen LogP contribution is 2.39. The number of thiocarbonyl (C=S) groups is 1. The third-order valence-electron chi connectivity index (χ3n) is 4.81. The second-order valence-corrected chi connectivity index (χ2v) is 9.96. The van der Waals surface area contributed by atoms with Crippen LogP contribution in [0.25, 0.3) is 6.08 Å². The van der Waals surface area contributed by atoms with Crippen molar-refractivity contribution in [1.82, 2.24) is 4.90 Å². The Morgan fingerprint density at radius 3 is 2.79 bits per heavy atom. The SMILES string of the molecule is CCCCN1C(=O)/C(=C/c2cc(Br)c(OCC(=O)Nc3cccc(C)c3)c(OC)c2)SC1=S. The van der Waals surface area contributed by atoms with Gasteiger partial charge in [0.2, 0.25) is 0 Å². The third-order valence-corrected chi connectivity index (χ3v) is 6.77. The van der Waals surface area contributed by atoms with Crippen LogP contribution in [-0.2, 0) is 9.59 Å². The first-order valence-corrected chi connectivity index (χ1v) is 12.5. The quantitative estimate of drug-likeness (QED) is 0.316. The van der Waals surface area contributed by atoms with Crippen molar-refractivity contribution in [2.45, 2.75) is 26.7 Å². The number of anilines is 1. The molecular formula is C24H25BrN2O4S2. The van der Waals surface area contributed by atoms with E-state index >= 15 is 0 Å². The number of hydrogen-bond acceptors (Lipinski definition) is 6. The fourth-order valence-corrected chi connectivity index (χ4v) is 5.06. The molecule has 1 aliphatic rings. The summed E-state index contributed by atoms with van der Waals surface area (Å²) in [6.45, 7) is 4.48. The Labute approximate surface area is 211 Å². The van der Waals surface area contributed by atoms with Gasteiger partial charge < -0.3 is 14.8 Å². The second-order valence-electron chi connectivity index (χ2n) is 7.43. The monoisotopic (exact) mass is 548 g/mol. The van der Waals surface area contributed by atoms with Crippen molar-refractivity contribution in [2.24, 2.45) is 0 Å². The molecule has 1 heterocycles. The number of carbonyl (C=O) groups excluding carboxylic acids is 2. The minimum Gasteiger partial charge on any atom is -0.493 e. The molecule has 2 aromatic rings. The molecule has 1 aliphatic heterocycles. The van der Waals surface area contributed by atoms with E-state index in [4.69, 9.17) is 21.7 Å². The Hall–Kier alpha value is -2.36. The Bertz CT molecular complexity index is 1100. The van der Waals surface area contributed by atoms with Crippen molar-refractivity contribution < 1.29 is 19.1 Å². The zero-order valence-electron chi connectivity index (χ0n) is 18.6. The summed E-state index contributed by atoms with van der Waals surface area (Å²) in [5.74, 6) is 0.487. The lowest BCUT2D eigenvalue weighted by atomic mass is 10.2. The van der Waals surface area contributed by atoms with E-state index in [2.05, 4.69) is 28.2 Å². The maximum Gasteiger partial charge on any atom is 0.266 e. The molecule has 174 valence electrons. The molecule has 0 aliphatic carbocycles. The van der Waals surface area contributed by atoms with Gasteiger partial charge in [-0.1, -0.05) is 49.5 Å². The normalized spacial score (nSPS) is 14.7. The van der Waals surface area contributed by atoms with Gasteiger partial charge in [0.05, 0.1) is 16.5 Å². The molecule has 1 fully saturated rings. The van der Waals surface area contributed by atoms with Crippen molar-refractivity contribution in [2.75, 3.05) is 25.6 Å². The number of aryl methyl sites for hydroxylation is 1. The first kappa shape index (κ1) is 25.3. The highest BCUT2D eigenvalue weighted by atomic mass is 79.9. The molecule has 1 N–H and O–H groups in total. The van der Waals surface area contributed by atoms with Crippen LogP contribution in [0, 0.1) is 6.92 Å². The van der Waals surface area contributed by atoms with Crippen LogP contribution >= 0.6 is 39.9 Å². The van der Waals surface area contributed by atoms with E-state index < -0.39 is 0 Å². The van der Waals surface area contributed by atoms with Crippen molar-refractivity contribution in [3.05, 3.63) is 56.9 Å². The van der Waals surface area contributed by atoms with Gasteiger partial charge in [0.25, 0.3) is 11.8 Å². The van der Waals surface area contributed by atoms with E-state index in [1.54, 1.807) is 17.0 Å². The summed E-state index contributed by atoms with van der Waals surface area (Å²) in [5, 5.41) is 2.81. The molecule has 0 atom stereocenters.